The molecule has 1 aliphatic heterocycles. The fraction of sp³-hybridized carbons (Fsp3) is 0.483. The van der Waals surface area contributed by atoms with Crippen LogP contribution in [0.1, 0.15) is 57.0 Å². The van der Waals surface area contributed by atoms with Gasteiger partial charge in [0.15, 0.2) is 22.5 Å². The number of para-hydroxylation sites is 2. The lowest BCUT2D eigenvalue weighted by molar-refractivity contribution is -0.116. The van der Waals surface area contributed by atoms with E-state index in [0.717, 1.165) is 29.1 Å². The maximum absolute atomic E-state index is 14.2. The van der Waals surface area contributed by atoms with Crippen molar-refractivity contribution in [3.05, 3.63) is 65.7 Å². The van der Waals surface area contributed by atoms with E-state index in [1.165, 1.54) is 49.1 Å². The first kappa shape index (κ1) is 24.5. The van der Waals surface area contributed by atoms with Gasteiger partial charge in [-0.25, -0.2) is 4.39 Å². The van der Waals surface area contributed by atoms with Crippen molar-refractivity contribution < 1.29 is 13.9 Å². The van der Waals surface area contributed by atoms with Gasteiger partial charge in [0.2, 0.25) is 5.91 Å². The number of carbonyl (C=O) groups is 1. The Morgan fingerprint density at radius 2 is 1.95 bits per heavy atom. The maximum atomic E-state index is 14.2. The van der Waals surface area contributed by atoms with E-state index in [1.54, 1.807) is 18.2 Å². The van der Waals surface area contributed by atoms with E-state index in [9.17, 15) is 9.18 Å². The molecule has 194 valence electrons. The summed E-state index contributed by atoms with van der Waals surface area (Å²) in [5.74, 6) is 2.95. The second-order valence-corrected chi connectivity index (χ2v) is 11.7. The number of rotatable bonds is 8. The minimum atomic E-state index is -0.394. The highest BCUT2D eigenvalue weighted by Gasteiger charge is 2.43. The number of ether oxygens (including phenoxy) is 1. The summed E-state index contributed by atoms with van der Waals surface area (Å²) < 4.78 is 22.2. The van der Waals surface area contributed by atoms with Gasteiger partial charge >= 0.3 is 0 Å². The van der Waals surface area contributed by atoms with E-state index < -0.39 is 5.82 Å². The number of nitrogens with zero attached hydrogens (tertiary/aromatic N) is 4. The number of amides is 1. The van der Waals surface area contributed by atoms with Crippen molar-refractivity contribution >= 4 is 23.4 Å². The van der Waals surface area contributed by atoms with Crippen LogP contribution in [0.15, 0.2) is 53.7 Å². The van der Waals surface area contributed by atoms with Crippen LogP contribution in [-0.2, 0) is 17.8 Å². The van der Waals surface area contributed by atoms with Crippen LogP contribution < -0.4 is 9.64 Å². The minimum absolute atomic E-state index is 0.0775. The zero-order chi connectivity index (χ0) is 25.5. The van der Waals surface area contributed by atoms with Gasteiger partial charge in [-0.15, -0.1) is 10.2 Å². The molecule has 2 aliphatic carbocycles. The fourth-order valence-corrected chi connectivity index (χ4v) is 7.74. The van der Waals surface area contributed by atoms with Crippen molar-refractivity contribution in [3.63, 3.8) is 0 Å². The van der Waals surface area contributed by atoms with Crippen LogP contribution in [0, 0.1) is 23.6 Å². The molecule has 5 atom stereocenters. The van der Waals surface area contributed by atoms with E-state index in [0.29, 0.717) is 11.7 Å². The minimum Gasteiger partial charge on any atom is -0.483 e. The van der Waals surface area contributed by atoms with Crippen LogP contribution in [0.2, 0.25) is 0 Å². The van der Waals surface area contributed by atoms with Gasteiger partial charge in [-0.2, -0.15) is 0 Å². The predicted octanol–water partition coefficient (Wildman–Crippen LogP) is 6.06. The Morgan fingerprint density at radius 1 is 1.14 bits per heavy atom. The number of hydrogen-bond donors (Lipinski definition) is 0. The molecule has 6 nitrogen and oxygen atoms in total. The standard InChI is InChI=1S/C29H33FN4O2S/c1-18-13-22-7-3-5-9-25(22)33(18)28(35)17-37-29-32-31-27(16-36-26-10-6-4-8-24(26)30)34(29)19(2)23-15-20-11-12-21(23)14-20/h3-10,18-21,23H,11-17H2,1-2H3/t18-,19+,20+,21+,23-/m1/s1. The molecular formula is C29H33FN4O2S. The van der Waals surface area contributed by atoms with Crippen molar-refractivity contribution in [1.29, 1.82) is 0 Å². The predicted molar refractivity (Wildman–Crippen MR) is 142 cm³/mol. The summed E-state index contributed by atoms with van der Waals surface area (Å²) in [6, 6.07) is 14.9. The Morgan fingerprint density at radius 3 is 2.73 bits per heavy atom. The lowest BCUT2D eigenvalue weighted by Gasteiger charge is -2.30. The van der Waals surface area contributed by atoms with Crippen LogP contribution in [0.25, 0.3) is 0 Å². The molecule has 2 heterocycles. The molecule has 3 aromatic rings. The first-order valence-electron chi connectivity index (χ1n) is 13.3. The number of carbonyl (C=O) groups excluding carboxylic acids is 1. The summed E-state index contributed by atoms with van der Waals surface area (Å²) in [7, 11) is 0. The van der Waals surface area contributed by atoms with Crippen LogP contribution >= 0.6 is 11.8 Å². The number of aromatic nitrogens is 3. The summed E-state index contributed by atoms with van der Waals surface area (Å²) in [5.41, 5.74) is 2.23. The molecule has 0 saturated heterocycles. The zero-order valence-corrected chi connectivity index (χ0v) is 22.2. The highest BCUT2D eigenvalue weighted by Crippen LogP contribution is 2.52. The topological polar surface area (TPSA) is 60.3 Å². The highest BCUT2D eigenvalue weighted by molar-refractivity contribution is 7.99. The molecule has 0 N–H and O–H groups in total. The van der Waals surface area contributed by atoms with E-state index in [4.69, 9.17) is 4.74 Å². The second kappa shape index (κ2) is 10.1. The molecule has 0 radical (unpaired) electrons. The van der Waals surface area contributed by atoms with Crippen LogP contribution in [0.4, 0.5) is 10.1 Å². The van der Waals surface area contributed by atoms with E-state index in [1.807, 2.05) is 23.1 Å². The molecule has 8 heteroatoms. The Hall–Kier alpha value is -2.87. The summed E-state index contributed by atoms with van der Waals surface area (Å²) in [6.45, 7) is 4.47. The van der Waals surface area contributed by atoms with Crippen LogP contribution in [0.3, 0.4) is 0 Å². The Bertz CT molecular complexity index is 1300. The first-order chi connectivity index (χ1) is 18.0. The lowest BCUT2D eigenvalue weighted by atomic mass is 9.84. The third-order valence-corrected chi connectivity index (χ3v) is 9.48. The normalized spacial score (nSPS) is 24.9. The summed E-state index contributed by atoms with van der Waals surface area (Å²) in [4.78, 5) is 15.3. The van der Waals surface area contributed by atoms with Crippen molar-refractivity contribution in [1.82, 2.24) is 14.8 Å². The third kappa shape index (κ3) is 4.65. The van der Waals surface area contributed by atoms with Crippen molar-refractivity contribution in [3.8, 4) is 5.75 Å². The number of hydrogen-bond acceptors (Lipinski definition) is 5. The molecule has 6 rings (SSSR count). The highest BCUT2D eigenvalue weighted by atomic mass is 32.2. The molecule has 1 amide bonds. The smallest absolute Gasteiger partial charge is 0.237 e. The molecule has 1 aromatic heterocycles. The fourth-order valence-electron chi connectivity index (χ4n) is 6.84. The molecule has 2 bridgehead atoms. The molecule has 2 saturated carbocycles. The Labute approximate surface area is 221 Å². The monoisotopic (exact) mass is 520 g/mol. The van der Waals surface area contributed by atoms with E-state index in [2.05, 4.69) is 34.7 Å². The van der Waals surface area contributed by atoms with Gasteiger partial charge in [-0.3, -0.25) is 9.36 Å². The van der Waals surface area contributed by atoms with Crippen LogP contribution in [0.5, 0.6) is 5.75 Å². The first-order valence-corrected chi connectivity index (χ1v) is 14.3. The molecule has 0 unspecified atom stereocenters. The van der Waals surface area contributed by atoms with Gasteiger partial charge in [0.25, 0.3) is 0 Å². The second-order valence-electron chi connectivity index (χ2n) is 10.8. The largest absolute Gasteiger partial charge is 0.483 e. The average molecular weight is 521 g/mol. The maximum Gasteiger partial charge on any atom is 0.237 e. The quantitative estimate of drug-likeness (QED) is 0.338. The summed E-state index contributed by atoms with van der Waals surface area (Å²) >= 11 is 1.44. The summed E-state index contributed by atoms with van der Waals surface area (Å²) in [5, 5.41) is 9.69. The number of halogens is 1. The van der Waals surface area contributed by atoms with Crippen molar-refractivity contribution in [2.75, 3.05) is 10.7 Å². The van der Waals surface area contributed by atoms with Crippen molar-refractivity contribution in [2.24, 2.45) is 17.8 Å². The van der Waals surface area contributed by atoms with Gasteiger partial charge in [0.05, 0.1) is 5.75 Å². The number of fused-ring (bicyclic) bond motifs is 3. The molecule has 2 fully saturated rings. The van der Waals surface area contributed by atoms with Gasteiger partial charge in [-0.05, 0) is 81.0 Å². The van der Waals surface area contributed by atoms with Gasteiger partial charge in [-0.1, -0.05) is 48.5 Å². The Kier molecular flexibility index (Phi) is 6.69. The molecule has 2 aromatic carbocycles. The zero-order valence-electron chi connectivity index (χ0n) is 21.3. The molecule has 37 heavy (non-hydrogen) atoms. The molecule has 0 spiro atoms. The number of benzene rings is 2. The van der Waals surface area contributed by atoms with E-state index in [-0.39, 0.29) is 36.1 Å². The number of thioether (sulfide) groups is 1. The summed E-state index contributed by atoms with van der Waals surface area (Å²) in [6.07, 6.45) is 6.04. The SMILES string of the molecule is C[C@@H]1Cc2ccccc2N1C(=O)CSc1nnc(COc2ccccc2F)n1[C@@H](C)[C@H]1C[C@H]2CC[C@H]1C2. The Balaban J connectivity index is 1.22. The molecular weight excluding hydrogens is 487 g/mol. The third-order valence-electron chi connectivity index (χ3n) is 8.55. The van der Waals surface area contributed by atoms with Gasteiger partial charge in [0.1, 0.15) is 6.61 Å². The number of anilines is 1. The average Bonchev–Trinajstić information content (AvgIpc) is 3.68. The van der Waals surface area contributed by atoms with E-state index >= 15 is 0 Å². The molecule has 3 aliphatic rings. The van der Waals surface area contributed by atoms with Crippen LogP contribution in [-0.4, -0.2) is 32.5 Å². The van der Waals surface area contributed by atoms with Gasteiger partial charge in [0, 0.05) is 17.8 Å². The van der Waals surface area contributed by atoms with Crippen molar-refractivity contribution in [2.45, 2.75) is 69.8 Å². The lowest BCUT2D eigenvalue weighted by Crippen LogP contribution is -2.37. The van der Waals surface area contributed by atoms with Gasteiger partial charge < -0.3 is 9.64 Å².